The van der Waals surface area contributed by atoms with Gasteiger partial charge < -0.3 is 0 Å². The normalized spacial score (nSPS) is 14.0. The van der Waals surface area contributed by atoms with Crippen LogP contribution in [0.3, 0.4) is 0 Å². The first-order valence-electron chi connectivity index (χ1n) is 4.63. The quantitative estimate of drug-likeness (QED) is 0.628. The van der Waals surface area contributed by atoms with Crippen LogP contribution in [0.4, 0.5) is 0 Å². The fraction of sp³-hybridized carbons (Fsp3) is 0.455. The molecule has 84 valence electrons. The second-order valence-electron chi connectivity index (χ2n) is 3.67. The van der Waals surface area contributed by atoms with Crippen LogP contribution in [0, 0.1) is 6.92 Å². The van der Waals surface area contributed by atoms with E-state index in [2.05, 4.69) is 0 Å². The molecule has 1 unspecified atom stereocenters. The number of benzene rings is 1. The van der Waals surface area contributed by atoms with Crippen molar-refractivity contribution in [1.82, 2.24) is 0 Å². The largest absolute Gasteiger partial charge is 0.191 e. The molecule has 0 heterocycles. The van der Waals surface area contributed by atoms with Crippen LogP contribution in [0.25, 0.3) is 0 Å². The molecule has 0 saturated carbocycles. The van der Waals surface area contributed by atoms with E-state index in [0.29, 0.717) is 6.42 Å². The fourth-order valence-corrected chi connectivity index (χ4v) is 2.49. The van der Waals surface area contributed by atoms with Crippen LogP contribution in [0.1, 0.15) is 30.4 Å². The van der Waals surface area contributed by atoms with E-state index >= 15 is 0 Å². The van der Waals surface area contributed by atoms with Gasteiger partial charge in [-0.2, -0.15) is 0 Å². The lowest BCUT2D eigenvalue weighted by molar-refractivity contribution is 0.690. The van der Waals surface area contributed by atoms with Crippen molar-refractivity contribution in [2.24, 2.45) is 0 Å². The number of hydrogen-bond donors (Lipinski definition) is 0. The molecule has 1 aromatic rings. The van der Waals surface area contributed by atoms with Crippen LogP contribution in [0.15, 0.2) is 18.2 Å². The van der Waals surface area contributed by atoms with Crippen molar-refractivity contribution in [1.29, 1.82) is 0 Å². The van der Waals surface area contributed by atoms with E-state index in [1.165, 1.54) is 0 Å². The van der Waals surface area contributed by atoms with Crippen molar-refractivity contribution in [3.8, 4) is 0 Å². The molecular formula is C11H12Cl4. The minimum Gasteiger partial charge on any atom is -0.0840 e. The van der Waals surface area contributed by atoms with Crippen molar-refractivity contribution in [2.45, 2.75) is 30.0 Å². The third-order valence-corrected chi connectivity index (χ3v) is 3.25. The van der Waals surface area contributed by atoms with Crippen LogP contribution in [-0.4, -0.2) is 3.79 Å². The lowest BCUT2D eigenvalue weighted by Gasteiger charge is -2.19. The zero-order valence-corrected chi connectivity index (χ0v) is 11.6. The Morgan fingerprint density at radius 2 is 1.87 bits per heavy atom. The lowest BCUT2D eigenvalue weighted by atomic mass is 9.94. The predicted molar refractivity (Wildman–Crippen MR) is 69.5 cm³/mol. The third kappa shape index (κ3) is 4.03. The Bertz CT molecular complexity index is 341. The first kappa shape index (κ1) is 13.4. The second kappa shape index (κ2) is 5.14. The fourth-order valence-electron chi connectivity index (χ4n) is 1.62. The van der Waals surface area contributed by atoms with Crippen LogP contribution in [-0.2, 0) is 0 Å². The summed E-state index contributed by atoms with van der Waals surface area (Å²) in [4.78, 5) is 0. The zero-order chi connectivity index (χ0) is 11.6. The van der Waals surface area contributed by atoms with Gasteiger partial charge in [0.25, 0.3) is 0 Å². The first-order chi connectivity index (χ1) is 6.81. The molecule has 0 fully saturated rings. The Labute approximate surface area is 110 Å². The summed E-state index contributed by atoms with van der Waals surface area (Å²) < 4.78 is -1.21. The molecule has 15 heavy (non-hydrogen) atoms. The smallest absolute Gasteiger partial charge is 0.0840 e. The second-order valence-corrected chi connectivity index (χ2v) is 6.60. The number of alkyl halides is 3. The van der Waals surface area contributed by atoms with Gasteiger partial charge >= 0.3 is 0 Å². The Kier molecular flexibility index (Phi) is 4.61. The molecule has 4 heteroatoms. The molecule has 0 amide bonds. The van der Waals surface area contributed by atoms with Crippen LogP contribution < -0.4 is 0 Å². The van der Waals surface area contributed by atoms with Crippen molar-refractivity contribution in [3.05, 3.63) is 34.3 Å². The Morgan fingerprint density at radius 3 is 2.40 bits per heavy atom. The van der Waals surface area contributed by atoms with Crippen LogP contribution in [0.5, 0.6) is 0 Å². The summed E-state index contributed by atoms with van der Waals surface area (Å²) in [7, 11) is 0. The maximum Gasteiger partial charge on any atom is 0.191 e. The highest BCUT2D eigenvalue weighted by atomic mass is 35.6. The van der Waals surface area contributed by atoms with Crippen molar-refractivity contribution in [3.63, 3.8) is 0 Å². The topological polar surface area (TPSA) is 0 Å². The summed E-state index contributed by atoms with van der Waals surface area (Å²) in [6.45, 7) is 4.01. The molecule has 1 rings (SSSR count). The van der Waals surface area contributed by atoms with Gasteiger partial charge in [-0.25, -0.2) is 0 Å². The van der Waals surface area contributed by atoms with Gasteiger partial charge in [0.1, 0.15) is 0 Å². The van der Waals surface area contributed by atoms with E-state index in [1.54, 1.807) is 0 Å². The summed E-state index contributed by atoms with van der Waals surface area (Å²) in [5, 5.41) is 0.753. The Balaban J connectivity index is 2.92. The summed E-state index contributed by atoms with van der Waals surface area (Å²) >= 11 is 23.3. The van der Waals surface area contributed by atoms with Gasteiger partial charge in [-0.1, -0.05) is 65.5 Å². The number of hydrogen-bond acceptors (Lipinski definition) is 0. The van der Waals surface area contributed by atoms with E-state index in [0.717, 1.165) is 16.1 Å². The molecule has 0 bridgehead atoms. The average Bonchev–Trinajstić information content (AvgIpc) is 2.06. The lowest BCUT2D eigenvalue weighted by Crippen LogP contribution is -2.09. The van der Waals surface area contributed by atoms with Gasteiger partial charge in [0.2, 0.25) is 0 Å². The average molecular weight is 286 g/mol. The standard InChI is InChI=1S/C11H12Cl4/c1-7(6-11(13,14)15)9-4-3-5-10(12)8(9)2/h3-5,7H,6H2,1-2H3. The zero-order valence-electron chi connectivity index (χ0n) is 8.53. The van der Waals surface area contributed by atoms with Crippen molar-refractivity contribution in [2.75, 3.05) is 0 Å². The molecule has 0 radical (unpaired) electrons. The molecule has 0 aliphatic rings. The highest BCUT2D eigenvalue weighted by Crippen LogP contribution is 2.38. The molecule has 0 aliphatic carbocycles. The Morgan fingerprint density at radius 1 is 1.27 bits per heavy atom. The summed E-state index contributed by atoms with van der Waals surface area (Å²) in [6.07, 6.45) is 0.485. The SMILES string of the molecule is Cc1c(Cl)cccc1C(C)CC(Cl)(Cl)Cl. The first-order valence-corrected chi connectivity index (χ1v) is 6.14. The van der Waals surface area contributed by atoms with Gasteiger partial charge in [0.15, 0.2) is 3.79 Å². The maximum absolute atomic E-state index is 6.03. The summed E-state index contributed by atoms with van der Waals surface area (Å²) in [5.41, 5.74) is 2.19. The highest BCUT2D eigenvalue weighted by molar-refractivity contribution is 6.67. The molecule has 1 atom stereocenters. The molecule has 0 saturated heterocycles. The van der Waals surface area contributed by atoms with E-state index < -0.39 is 3.79 Å². The van der Waals surface area contributed by atoms with Gasteiger partial charge in [-0.15, -0.1) is 0 Å². The highest BCUT2D eigenvalue weighted by Gasteiger charge is 2.24. The summed E-state index contributed by atoms with van der Waals surface area (Å²) in [5.74, 6) is 0.177. The monoisotopic (exact) mass is 284 g/mol. The number of halogens is 4. The predicted octanol–water partition coefficient (Wildman–Crippen LogP) is 5.51. The summed E-state index contributed by atoms with van der Waals surface area (Å²) in [6, 6.07) is 5.80. The molecule has 1 aromatic carbocycles. The molecule has 0 N–H and O–H groups in total. The third-order valence-electron chi connectivity index (χ3n) is 2.38. The van der Waals surface area contributed by atoms with Crippen LogP contribution >= 0.6 is 46.4 Å². The van der Waals surface area contributed by atoms with Gasteiger partial charge in [0, 0.05) is 11.4 Å². The molecule has 0 aromatic heterocycles. The van der Waals surface area contributed by atoms with E-state index in [1.807, 2.05) is 32.0 Å². The number of rotatable bonds is 2. The van der Waals surface area contributed by atoms with E-state index in [-0.39, 0.29) is 5.92 Å². The minimum absolute atomic E-state index is 0.177. The van der Waals surface area contributed by atoms with Crippen molar-refractivity contribution >= 4 is 46.4 Å². The molecule has 0 aliphatic heterocycles. The maximum atomic E-state index is 6.03. The van der Waals surface area contributed by atoms with Gasteiger partial charge in [-0.05, 0) is 30.0 Å². The van der Waals surface area contributed by atoms with Crippen molar-refractivity contribution < 1.29 is 0 Å². The molecule has 0 spiro atoms. The van der Waals surface area contributed by atoms with Crippen LogP contribution in [0.2, 0.25) is 5.02 Å². The van der Waals surface area contributed by atoms with Gasteiger partial charge in [0.05, 0.1) is 0 Å². The minimum atomic E-state index is -1.21. The van der Waals surface area contributed by atoms with Gasteiger partial charge in [-0.3, -0.25) is 0 Å². The van der Waals surface area contributed by atoms with E-state index in [9.17, 15) is 0 Å². The molecular weight excluding hydrogens is 274 g/mol. The Hall–Kier alpha value is 0.380. The molecule has 0 nitrogen and oxygen atoms in total. The van der Waals surface area contributed by atoms with E-state index in [4.69, 9.17) is 46.4 Å².